The van der Waals surface area contributed by atoms with Gasteiger partial charge in [0, 0.05) is 0 Å². The number of ether oxygens (including phenoxy) is 9. The van der Waals surface area contributed by atoms with Crippen LogP contribution in [0.25, 0.3) is 0 Å². The van der Waals surface area contributed by atoms with Crippen LogP contribution in [0.2, 0.25) is 0 Å². The fraction of sp³-hybridized carbons (Fsp3) is 1.00. The van der Waals surface area contributed by atoms with Crippen molar-refractivity contribution in [2.24, 2.45) is 0 Å². The van der Waals surface area contributed by atoms with Gasteiger partial charge in [-0.1, -0.05) is 0 Å². The Morgan fingerprint density at radius 1 is 0.465 bits per heavy atom. The highest BCUT2D eigenvalue weighted by Crippen LogP contribution is 2.38. The largest absolute Gasteiger partial charge is 0.394 e. The molecule has 6 saturated heterocycles. The summed E-state index contributed by atoms with van der Waals surface area (Å²) in [5.74, 6) is 0. The van der Waals surface area contributed by atoms with Crippen LogP contribution < -0.4 is 0 Å². The highest BCUT2D eigenvalue weighted by atomic mass is 16.8. The van der Waals surface area contributed by atoms with E-state index < -0.39 is 136 Å². The average Bonchev–Trinajstić information content (AvgIpc) is 3.45. The fourth-order valence-corrected chi connectivity index (χ4v) is 6.28. The molecule has 6 heterocycles. The van der Waals surface area contributed by atoms with E-state index >= 15 is 0 Å². The van der Waals surface area contributed by atoms with Crippen LogP contribution in [0.4, 0.5) is 0 Å². The van der Waals surface area contributed by atoms with E-state index in [1.165, 1.54) is 0 Å². The molecule has 0 saturated carbocycles. The first-order chi connectivity index (χ1) is 20.5. The minimum atomic E-state index is -1.79. The van der Waals surface area contributed by atoms with Gasteiger partial charge in [-0.2, -0.15) is 0 Å². The third kappa shape index (κ3) is 5.73. The Kier molecular flexibility index (Phi) is 9.58. The monoisotopic (exact) mass is 630 g/mol. The molecule has 248 valence electrons. The van der Waals surface area contributed by atoms with Crippen LogP contribution in [0.15, 0.2) is 0 Å². The molecule has 6 aliphatic heterocycles. The predicted octanol–water partition coefficient (Wildman–Crippen LogP) is -7.66. The molecular formula is C24H38O19. The zero-order chi connectivity index (χ0) is 30.7. The van der Waals surface area contributed by atoms with Crippen molar-refractivity contribution in [2.45, 2.75) is 123 Å². The zero-order valence-electron chi connectivity index (χ0n) is 22.5. The summed E-state index contributed by atoms with van der Waals surface area (Å²) in [4.78, 5) is 0. The smallest absolute Gasteiger partial charge is 0.187 e. The van der Waals surface area contributed by atoms with Crippen molar-refractivity contribution < 1.29 is 93.7 Å². The molecule has 0 aromatic carbocycles. The van der Waals surface area contributed by atoms with Crippen LogP contribution >= 0.6 is 0 Å². The van der Waals surface area contributed by atoms with Crippen LogP contribution in [-0.2, 0) is 42.6 Å². The second-order valence-corrected chi connectivity index (χ2v) is 11.4. The summed E-state index contributed by atoms with van der Waals surface area (Å²) in [7, 11) is 0. The van der Waals surface area contributed by atoms with Crippen molar-refractivity contribution in [1.29, 1.82) is 0 Å². The molecular weight excluding hydrogens is 592 g/mol. The molecule has 4 bridgehead atoms. The van der Waals surface area contributed by atoms with Crippen LogP contribution in [0.1, 0.15) is 0 Å². The first-order valence-electron chi connectivity index (χ1n) is 14.0. The van der Waals surface area contributed by atoms with Gasteiger partial charge in [0.05, 0.1) is 26.4 Å². The Hall–Kier alpha value is -0.760. The summed E-state index contributed by atoms with van der Waals surface area (Å²) in [6, 6.07) is 0. The normalized spacial score (nSPS) is 56.8. The molecule has 6 fully saturated rings. The van der Waals surface area contributed by atoms with Gasteiger partial charge in [-0.05, 0) is 0 Å². The number of aliphatic hydroxyl groups excluding tert-OH is 10. The Morgan fingerprint density at radius 2 is 0.953 bits per heavy atom. The minimum absolute atomic E-state index is 0.000819. The highest BCUT2D eigenvalue weighted by molar-refractivity contribution is 5.01. The van der Waals surface area contributed by atoms with Gasteiger partial charge in [0.25, 0.3) is 0 Å². The molecule has 0 aromatic rings. The fourth-order valence-electron chi connectivity index (χ4n) is 6.28. The maximum absolute atomic E-state index is 11.1. The van der Waals surface area contributed by atoms with E-state index in [9.17, 15) is 51.1 Å². The van der Waals surface area contributed by atoms with Crippen LogP contribution in [0.3, 0.4) is 0 Å². The molecule has 0 aliphatic carbocycles. The quantitative estimate of drug-likeness (QED) is 0.119. The van der Waals surface area contributed by atoms with E-state index in [0.717, 1.165) is 0 Å². The average molecular weight is 631 g/mol. The van der Waals surface area contributed by atoms with Gasteiger partial charge >= 0.3 is 0 Å². The van der Waals surface area contributed by atoms with E-state index in [0.29, 0.717) is 0 Å². The number of hydrogen-bond acceptors (Lipinski definition) is 19. The van der Waals surface area contributed by atoms with Crippen molar-refractivity contribution in [1.82, 2.24) is 0 Å². The van der Waals surface area contributed by atoms with Crippen molar-refractivity contribution in [3.8, 4) is 0 Å². The van der Waals surface area contributed by atoms with Crippen molar-refractivity contribution in [3.63, 3.8) is 0 Å². The predicted molar refractivity (Wildman–Crippen MR) is 127 cm³/mol. The van der Waals surface area contributed by atoms with E-state index in [4.69, 9.17) is 42.6 Å². The summed E-state index contributed by atoms with van der Waals surface area (Å²) < 4.78 is 50.0. The van der Waals surface area contributed by atoms with Gasteiger partial charge in [-0.15, -0.1) is 0 Å². The molecule has 6 rings (SSSR count). The topological polar surface area (TPSA) is 285 Å². The molecule has 0 spiro atoms. The van der Waals surface area contributed by atoms with Crippen molar-refractivity contribution in [3.05, 3.63) is 0 Å². The highest BCUT2D eigenvalue weighted by Gasteiger charge is 2.58. The lowest BCUT2D eigenvalue weighted by molar-refractivity contribution is -0.372. The zero-order valence-corrected chi connectivity index (χ0v) is 22.5. The number of fused-ring (bicyclic) bond motifs is 4. The molecule has 0 amide bonds. The van der Waals surface area contributed by atoms with Gasteiger partial charge in [-0.25, -0.2) is 0 Å². The number of rotatable bonds is 8. The number of aliphatic hydroxyl groups is 10. The summed E-state index contributed by atoms with van der Waals surface area (Å²) in [6.07, 6.45) is -27.7. The van der Waals surface area contributed by atoms with Gasteiger partial charge < -0.3 is 93.7 Å². The van der Waals surface area contributed by atoms with Crippen LogP contribution in [0.5, 0.6) is 0 Å². The van der Waals surface area contributed by atoms with Crippen molar-refractivity contribution >= 4 is 0 Å². The van der Waals surface area contributed by atoms with Crippen molar-refractivity contribution in [2.75, 3.05) is 26.4 Å². The van der Waals surface area contributed by atoms with Gasteiger partial charge in [0.15, 0.2) is 25.2 Å². The minimum Gasteiger partial charge on any atom is -0.394 e. The standard InChI is InChI=1S/C24H38O19/c25-1-5-9(27)18(12(30)21(34)37-5)42-24-15(33)20-16(8(40-24)4-36-20)41-23-14(32)19(10(28)6(2-26)38-23)43-22-13(31)17-11(29)7(39-22)3-35-17/h5-34H,1-4H2/t5-,6-,7+,8+,9+,10+,11-,12-,13+,14-,15+,16-,17-,18+,19+,20+,21+,22+,23+,24+/m1/s1. The molecule has 10 N–H and O–H groups in total. The Morgan fingerprint density at radius 3 is 1.60 bits per heavy atom. The van der Waals surface area contributed by atoms with E-state index in [2.05, 4.69) is 0 Å². The maximum atomic E-state index is 11.1. The summed E-state index contributed by atoms with van der Waals surface area (Å²) in [5, 5.41) is 103. The molecule has 43 heavy (non-hydrogen) atoms. The van der Waals surface area contributed by atoms with Gasteiger partial charge in [0.1, 0.15) is 97.7 Å². The molecule has 0 aromatic heterocycles. The molecule has 0 unspecified atom stereocenters. The van der Waals surface area contributed by atoms with Gasteiger partial charge in [-0.3, -0.25) is 0 Å². The van der Waals surface area contributed by atoms with E-state index in [1.54, 1.807) is 0 Å². The summed E-state index contributed by atoms with van der Waals surface area (Å²) >= 11 is 0. The SMILES string of the molecule is OC[C@H]1O[C@H](O)[C@H](O)[C@@H](O[C@@H]2O[C@H]3CO[C@@H]([C@@H]2O)[C@@H]3O[C@@H]2O[C@H](CO)[C@H](O)[C@H](O[C@@H]3O[C@H]4CO[C@@H]([C@@H]3O)[C@@H]4O)[C@H]2O)[C@H]1O. The Labute approximate surface area is 243 Å². The molecule has 19 heteroatoms. The van der Waals surface area contributed by atoms with Crippen LogP contribution in [-0.4, -0.2) is 200 Å². The second kappa shape index (κ2) is 12.8. The molecule has 19 nitrogen and oxygen atoms in total. The molecule has 0 radical (unpaired) electrons. The first kappa shape index (κ1) is 32.2. The lowest BCUT2D eigenvalue weighted by Gasteiger charge is -2.47. The Balaban J connectivity index is 1.12. The van der Waals surface area contributed by atoms with Gasteiger partial charge in [0.2, 0.25) is 0 Å². The third-order valence-corrected chi connectivity index (χ3v) is 8.70. The molecule has 6 aliphatic rings. The summed E-state index contributed by atoms with van der Waals surface area (Å²) in [6.45, 7) is -1.52. The van der Waals surface area contributed by atoms with E-state index in [-0.39, 0.29) is 13.2 Å². The molecule has 20 atom stereocenters. The number of hydrogen-bond donors (Lipinski definition) is 10. The third-order valence-electron chi connectivity index (χ3n) is 8.70. The Bertz CT molecular complexity index is 946. The first-order valence-corrected chi connectivity index (χ1v) is 14.0. The van der Waals surface area contributed by atoms with Crippen LogP contribution in [0, 0.1) is 0 Å². The van der Waals surface area contributed by atoms with E-state index in [1.807, 2.05) is 0 Å². The lowest BCUT2D eigenvalue weighted by atomic mass is 9.96. The summed E-state index contributed by atoms with van der Waals surface area (Å²) in [5.41, 5.74) is 0. The maximum Gasteiger partial charge on any atom is 0.187 e. The second-order valence-electron chi connectivity index (χ2n) is 11.4. The lowest BCUT2D eigenvalue weighted by Crippen LogP contribution is -2.65.